The molecule has 0 aliphatic rings. The van der Waals surface area contributed by atoms with Gasteiger partial charge in [0.25, 0.3) is 10.0 Å². The number of benzene rings is 3. The van der Waals surface area contributed by atoms with Crippen LogP contribution in [0.25, 0.3) is 0 Å². The van der Waals surface area contributed by atoms with Crippen molar-refractivity contribution in [3.05, 3.63) is 101 Å². The zero-order chi connectivity index (χ0) is 20.0. The lowest BCUT2D eigenvalue weighted by Crippen LogP contribution is -2.31. The Labute approximate surface area is 179 Å². The second-order valence-electron chi connectivity index (χ2n) is 6.03. The highest BCUT2D eigenvalue weighted by molar-refractivity contribution is 14.1. The molecule has 0 amide bonds. The van der Waals surface area contributed by atoms with Gasteiger partial charge in [-0.3, -0.25) is 4.31 Å². The van der Waals surface area contributed by atoms with Gasteiger partial charge >= 0.3 is 0 Å². The highest BCUT2D eigenvalue weighted by atomic mass is 127. The van der Waals surface area contributed by atoms with Crippen LogP contribution in [0.2, 0.25) is 0 Å². The monoisotopic (exact) mass is 505 g/mol. The fourth-order valence-electron chi connectivity index (χ4n) is 2.68. The standard InChI is InChI=1S/C22H20INO3S/c1-2-15-24(28(25,26)20-11-7-4-8-12-20)22-16-19(13-14-21(22)23)27-17-18-9-5-3-6-10-18/h2-14,16H,1,15,17H2. The maximum atomic E-state index is 13.2. The molecular formula is C22H20INO3S. The number of hydrogen-bond acceptors (Lipinski definition) is 3. The third-order valence-electron chi connectivity index (χ3n) is 4.06. The molecule has 0 bridgehead atoms. The van der Waals surface area contributed by atoms with Crippen LogP contribution in [0.15, 0.2) is 96.4 Å². The van der Waals surface area contributed by atoms with E-state index in [9.17, 15) is 8.42 Å². The average molecular weight is 505 g/mol. The van der Waals surface area contributed by atoms with Gasteiger partial charge in [-0.05, 0) is 52.4 Å². The third kappa shape index (κ3) is 4.74. The SMILES string of the molecule is C=CCN(c1cc(OCc2ccccc2)ccc1I)S(=O)(=O)c1ccccc1. The van der Waals surface area contributed by atoms with Gasteiger partial charge in [0.1, 0.15) is 12.4 Å². The molecular weight excluding hydrogens is 485 g/mol. The van der Waals surface area contributed by atoms with E-state index in [1.165, 1.54) is 4.31 Å². The molecule has 0 spiro atoms. The van der Waals surface area contributed by atoms with E-state index in [-0.39, 0.29) is 11.4 Å². The zero-order valence-electron chi connectivity index (χ0n) is 15.2. The van der Waals surface area contributed by atoms with Crippen molar-refractivity contribution in [3.63, 3.8) is 0 Å². The molecule has 0 aromatic heterocycles. The molecule has 4 nitrogen and oxygen atoms in total. The van der Waals surface area contributed by atoms with E-state index in [2.05, 4.69) is 29.2 Å². The number of halogens is 1. The van der Waals surface area contributed by atoms with Gasteiger partial charge in [-0.2, -0.15) is 0 Å². The predicted octanol–water partition coefficient (Wildman–Crippen LogP) is 5.25. The second-order valence-corrected chi connectivity index (χ2v) is 9.05. The van der Waals surface area contributed by atoms with Crippen LogP contribution in [0.3, 0.4) is 0 Å². The van der Waals surface area contributed by atoms with E-state index in [1.807, 2.05) is 42.5 Å². The average Bonchev–Trinajstić information content (AvgIpc) is 2.73. The van der Waals surface area contributed by atoms with Crippen molar-refractivity contribution in [2.75, 3.05) is 10.8 Å². The van der Waals surface area contributed by atoms with Gasteiger partial charge in [0.2, 0.25) is 0 Å². The molecule has 3 rings (SSSR count). The molecule has 144 valence electrons. The molecule has 0 saturated carbocycles. The summed E-state index contributed by atoms with van der Waals surface area (Å²) in [4.78, 5) is 0.239. The number of anilines is 1. The van der Waals surface area contributed by atoms with E-state index in [0.717, 1.165) is 9.13 Å². The quantitative estimate of drug-likeness (QED) is 0.310. The highest BCUT2D eigenvalue weighted by Gasteiger charge is 2.25. The number of ether oxygens (including phenoxy) is 1. The molecule has 0 heterocycles. The smallest absolute Gasteiger partial charge is 0.264 e. The maximum Gasteiger partial charge on any atom is 0.264 e. The molecule has 0 radical (unpaired) electrons. The molecule has 6 heteroatoms. The molecule has 0 aliphatic heterocycles. The van der Waals surface area contributed by atoms with Gasteiger partial charge in [-0.25, -0.2) is 8.42 Å². The van der Waals surface area contributed by atoms with Gasteiger partial charge in [0, 0.05) is 9.64 Å². The summed E-state index contributed by atoms with van der Waals surface area (Å²) >= 11 is 2.14. The van der Waals surface area contributed by atoms with E-state index >= 15 is 0 Å². The molecule has 0 saturated heterocycles. The Kier molecular flexibility index (Phi) is 6.74. The van der Waals surface area contributed by atoms with Crippen molar-refractivity contribution in [3.8, 4) is 5.75 Å². The van der Waals surface area contributed by atoms with Crippen LogP contribution in [-0.4, -0.2) is 15.0 Å². The molecule has 0 N–H and O–H groups in total. The summed E-state index contributed by atoms with van der Waals surface area (Å²) in [5.74, 6) is 0.608. The minimum atomic E-state index is -3.72. The first kappa shape index (κ1) is 20.4. The Morgan fingerprint density at radius 3 is 2.25 bits per heavy atom. The first-order valence-corrected chi connectivity index (χ1v) is 11.2. The summed E-state index contributed by atoms with van der Waals surface area (Å²) in [6, 6.07) is 23.7. The van der Waals surface area contributed by atoms with Gasteiger partial charge in [0.05, 0.1) is 17.1 Å². The lowest BCUT2D eigenvalue weighted by Gasteiger charge is -2.25. The van der Waals surface area contributed by atoms with Crippen LogP contribution < -0.4 is 9.04 Å². The molecule has 3 aromatic carbocycles. The van der Waals surface area contributed by atoms with Crippen LogP contribution >= 0.6 is 22.6 Å². The van der Waals surface area contributed by atoms with Crippen LogP contribution in [0, 0.1) is 3.57 Å². The first-order valence-electron chi connectivity index (χ1n) is 8.67. The van der Waals surface area contributed by atoms with Gasteiger partial charge in [-0.15, -0.1) is 6.58 Å². The minimum absolute atomic E-state index is 0.162. The van der Waals surface area contributed by atoms with Crippen molar-refractivity contribution in [2.24, 2.45) is 0 Å². The summed E-state index contributed by atoms with van der Waals surface area (Å²) in [5, 5.41) is 0. The number of rotatable bonds is 8. The minimum Gasteiger partial charge on any atom is -0.489 e. The van der Waals surface area contributed by atoms with Crippen molar-refractivity contribution in [2.45, 2.75) is 11.5 Å². The largest absolute Gasteiger partial charge is 0.489 e. The summed E-state index contributed by atoms with van der Waals surface area (Å²) < 4.78 is 34.4. The van der Waals surface area contributed by atoms with Crippen molar-refractivity contribution >= 4 is 38.3 Å². The molecule has 0 aliphatic carbocycles. The van der Waals surface area contributed by atoms with Crippen molar-refractivity contribution < 1.29 is 13.2 Å². The normalized spacial score (nSPS) is 11.0. The van der Waals surface area contributed by atoms with Gasteiger partial charge in [0.15, 0.2) is 0 Å². The summed E-state index contributed by atoms with van der Waals surface area (Å²) in [5.41, 5.74) is 1.61. The molecule has 0 fully saturated rings. The zero-order valence-corrected chi connectivity index (χ0v) is 18.1. The van der Waals surface area contributed by atoms with E-state index in [0.29, 0.717) is 18.0 Å². The van der Waals surface area contributed by atoms with Crippen molar-refractivity contribution in [1.82, 2.24) is 0 Å². The number of nitrogens with zero attached hydrogens (tertiary/aromatic N) is 1. The lowest BCUT2D eigenvalue weighted by atomic mass is 10.2. The van der Waals surface area contributed by atoms with Crippen LogP contribution in [0.5, 0.6) is 5.75 Å². The topological polar surface area (TPSA) is 46.6 Å². The molecule has 0 atom stereocenters. The van der Waals surface area contributed by atoms with Crippen LogP contribution in [-0.2, 0) is 16.6 Å². The van der Waals surface area contributed by atoms with Crippen LogP contribution in [0.4, 0.5) is 5.69 Å². The fourth-order valence-corrected chi connectivity index (χ4v) is 4.93. The summed E-state index contributed by atoms with van der Waals surface area (Å²) in [7, 11) is -3.72. The molecule has 3 aromatic rings. The number of sulfonamides is 1. The van der Waals surface area contributed by atoms with E-state index < -0.39 is 10.0 Å². The molecule has 28 heavy (non-hydrogen) atoms. The van der Waals surface area contributed by atoms with Gasteiger partial charge in [-0.1, -0.05) is 54.6 Å². The Bertz CT molecular complexity index is 1040. The Balaban J connectivity index is 1.93. The Morgan fingerprint density at radius 1 is 0.964 bits per heavy atom. The van der Waals surface area contributed by atoms with Gasteiger partial charge < -0.3 is 4.74 Å². The van der Waals surface area contributed by atoms with E-state index in [4.69, 9.17) is 4.74 Å². The first-order chi connectivity index (χ1) is 13.5. The molecule has 0 unspecified atom stereocenters. The Morgan fingerprint density at radius 2 is 1.61 bits per heavy atom. The highest BCUT2D eigenvalue weighted by Crippen LogP contribution is 2.32. The summed E-state index contributed by atoms with van der Waals surface area (Å²) in [6.07, 6.45) is 1.58. The lowest BCUT2D eigenvalue weighted by molar-refractivity contribution is 0.306. The second kappa shape index (κ2) is 9.25. The Hall–Kier alpha value is -2.32. The fraction of sp³-hybridized carbons (Fsp3) is 0.0909. The predicted molar refractivity (Wildman–Crippen MR) is 121 cm³/mol. The number of hydrogen-bond donors (Lipinski definition) is 0. The van der Waals surface area contributed by atoms with Crippen LogP contribution in [0.1, 0.15) is 5.56 Å². The van der Waals surface area contributed by atoms with E-state index in [1.54, 1.807) is 42.5 Å². The van der Waals surface area contributed by atoms with Crippen molar-refractivity contribution in [1.29, 1.82) is 0 Å². The summed E-state index contributed by atoms with van der Waals surface area (Å²) in [6.45, 7) is 4.29. The third-order valence-corrected chi connectivity index (χ3v) is 6.77. The maximum absolute atomic E-state index is 13.2.